The van der Waals surface area contributed by atoms with Crippen molar-refractivity contribution in [2.45, 2.75) is 38.0 Å². The number of rotatable bonds is 6. The van der Waals surface area contributed by atoms with E-state index in [2.05, 4.69) is 48.4 Å². The molecule has 4 rings (SSSR count). The van der Waals surface area contributed by atoms with Crippen molar-refractivity contribution >= 4 is 17.7 Å². The Bertz CT molecular complexity index is 1040. The SMILES string of the molecule is CC(C)(C)c1ccc(-c2nnc(SCC(=O)NCc3ccc4c(c3)OCO4)o2)cc1. The van der Waals surface area contributed by atoms with Crippen LogP contribution in [0.25, 0.3) is 11.5 Å². The van der Waals surface area contributed by atoms with E-state index in [-0.39, 0.29) is 23.9 Å². The number of carbonyl (C=O) groups is 1. The highest BCUT2D eigenvalue weighted by Gasteiger charge is 2.16. The number of nitrogens with zero attached hydrogens (tertiary/aromatic N) is 2. The normalized spacial score (nSPS) is 12.8. The van der Waals surface area contributed by atoms with E-state index < -0.39 is 0 Å². The summed E-state index contributed by atoms with van der Waals surface area (Å²) in [6.07, 6.45) is 0. The number of benzene rings is 2. The highest BCUT2D eigenvalue weighted by molar-refractivity contribution is 7.99. The minimum absolute atomic E-state index is 0.0857. The van der Waals surface area contributed by atoms with Crippen LogP contribution in [-0.4, -0.2) is 28.7 Å². The number of ether oxygens (including phenoxy) is 2. The molecule has 1 N–H and O–H groups in total. The van der Waals surface area contributed by atoms with Crippen LogP contribution in [0.3, 0.4) is 0 Å². The van der Waals surface area contributed by atoms with Gasteiger partial charge in [-0.3, -0.25) is 4.79 Å². The topological polar surface area (TPSA) is 86.5 Å². The van der Waals surface area contributed by atoms with Gasteiger partial charge in [-0.2, -0.15) is 0 Å². The zero-order valence-corrected chi connectivity index (χ0v) is 17.9. The van der Waals surface area contributed by atoms with Crippen molar-refractivity contribution in [1.82, 2.24) is 15.5 Å². The second kappa shape index (κ2) is 8.39. The number of nitrogens with one attached hydrogen (secondary N) is 1. The van der Waals surface area contributed by atoms with Gasteiger partial charge in [0.1, 0.15) is 0 Å². The monoisotopic (exact) mass is 425 g/mol. The van der Waals surface area contributed by atoms with Crippen LogP contribution in [0.1, 0.15) is 31.9 Å². The van der Waals surface area contributed by atoms with Crippen molar-refractivity contribution in [1.29, 1.82) is 0 Å². The fourth-order valence-corrected chi connectivity index (χ4v) is 3.52. The molecule has 1 aliphatic rings. The lowest BCUT2D eigenvalue weighted by Crippen LogP contribution is -2.24. The molecule has 1 aromatic heterocycles. The molecule has 0 spiro atoms. The van der Waals surface area contributed by atoms with Crippen LogP contribution in [0.5, 0.6) is 11.5 Å². The molecule has 0 radical (unpaired) electrons. The fraction of sp³-hybridized carbons (Fsp3) is 0.318. The molecule has 0 saturated carbocycles. The summed E-state index contributed by atoms with van der Waals surface area (Å²) in [6.45, 7) is 7.14. The lowest BCUT2D eigenvalue weighted by Gasteiger charge is -2.18. The zero-order valence-electron chi connectivity index (χ0n) is 17.1. The van der Waals surface area contributed by atoms with E-state index in [4.69, 9.17) is 13.9 Å². The van der Waals surface area contributed by atoms with Gasteiger partial charge in [-0.25, -0.2) is 0 Å². The van der Waals surface area contributed by atoms with E-state index >= 15 is 0 Å². The van der Waals surface area contributed by atoms with Gasteiger partial charge in [-0.15, -0.1) is 10.2 Å². The first kappa shape index (κ1) is 20.3. The Morgan fingerprint density at radius 2 is 1.83 bits per heavy atom. The van der Waals surface area contributed by atoms with Crippen LogP contribution in [0.4, 0.5) is 0 Å². The Balaban J connectivity index is 1.28. The van der Waals surface area contributed by atoms with Gasteiger partial charge >= 0.3 is 0 Å². The van der Waals surface area contributed by atoms with Crippen LogP contribution in [0.2, 0.25) is 0 Å². The van der Waals surface area contributed by atoms with Gasteiger partial charge in [0.15, 0.2) is 11.5 Å². The van der Waals surface area contributed by atoms with Gasteiger partial charge in [0.25, 0.3) is 5.22 Å². The number of hydrogen-bond donors (Lipinski definition) is 1. The van der Waals surface area contributed by atoms with Crippen molar-refractivity contribution in [3.05, 3.63) is 53.6 Å². The summed E-state index contributed by atoms with van der Waals surface area (Å²) in [5.74, 6) is 1.94. The summed E-state index contributed by atoms with van der Waals surface area (Å²) < 4.78 is 16.3. The molecule has 0 bridgehead atoms. The number of aromatic nitrogens is 2. The van der Waals surface area contributed by atoms with Crippen LogP contribution in [-0.2, 0) is 16.8 Å². The van der Waals surface area contributed by atoms with Crippen LogP contribution in [0.15, 0.2) is 52.1 Å². The molecule has 30 heavy (non-hydrogen) atoms. The molecule has 156 valence electrons. The number of amides is 1. The average Bonchev–Trinajstić information content (AvgIpc) is 3.39. The molecule has 2 heterocycles. The van der Waals surface area contributed by atoms with E-state index in [1.807, 2.05) is 30.3 Å². The van der Waals surface area contributed by atoms with Crippen molar-refractivity contribution in [3.8, 4) is 23.0 Å². The number of hydrogen-bond acceptors (Lipinski definition) is 7. The number of thioether (sulfide) groups is 1. The molecular formula is C22H23N3O4S. The lowest BCUT2D eigenvalue weighted by molar-refractivity contribution is -0.118. The third-order valence-electron chi connectivity index (χ3n) is 4.66. The Labute approximate surface area is 179 Å². The maximum Gasteiger partial charge on any atom is 0.277 e. The van der Waals surface area contributed by atoms with Gasteiger partial charge in [-0.05, 0) is 40.8 Å². The van der Waals surface area contributed by atoms with Crippen LogP contribution < -0.4 is 14.8 Å². The molecule has 0 saturated heterocycles. The van der Waals surface area contributed by atoms with Gasteiger partial charge in [0, 0.05) is 12.1 Å². The summed E-state index contributed by atoms with van der Waals surface area (Å²) in [4.78, 5) is 12.2. The smallest absolute Gasteiger partial charge is 0.277 e. The summed E-state index contributed by atoms with van der Waals surface area (Å²) in [5, 5.41) is 11.4. The predicted octanol–water partition coefficient (Wildman–Crippen LogP) is 4.17. The Morgan fingerprint density at radius 1 is 1.07 bits per heavy atom. The minimum atomic E-state index is -0.119. The van der Waals surface area contributed by atoms with E-state index in [1.54, 1.807) is 0 Å². The number of fused-ring (bicyclic) bond motifs is 1. The molecule has 0 unspecified atom stereocenters. The van der Waals surface area contributed by atoms with Crippen LogP contribution >= 0.6 is 11.8 Å². The van der Waals surface area contributed by atoms with E-state index in [9.17, 15) is 4.79 Å². The van der Waals surface area contributed by atoms with Gasteiger partial charge < -0.3 is 19.2 Å². The van der Waals surface area contributed by atoms with E-state index in [0.29, 0.717) is 23.4 Å². The molecule has 8 heteroatoms. The molecule has 0 aliphatic carbocycles. The third kappa shape index (κ3) is 4.76. The first-order chi connectivity index (χ1) is 14.4. The van der Waals surface area contributed by atoms with E-state index in [0.717, 1.165) is 16.9 Å². The first-order valence-corrected chi connectivity index (χ1v) is 10.6. The van der Waals surface area contributed by atoms with Crippen molar-refractivity contribution in [3.63, 3.8) is 0 Å². The Kier molecular flexibility index (Phi) is 5.67. The van der Waals surface area contributed by atoms with Gasteiger partial charge in [0.05, 0.1) is 5.75 Å². The van der Waals surface area contributed by atoms with E-state index in [1.165, 1.54) is 17.3 Å². The lowest BCUT2D eigenvalue weighted by atomic mass is 9.87. The standard InChI is InChI=1S/C22H23N3O4S/c1-22(2,3)16-7-5-15(6-8-16)20-24-25-21(29-20)30-12-19(26)23-11-14-4-9-17-18(10-14)28-13-27-17/h4-10H,11-13H2,1-3H3,(H,23,26). The van der Waals surface area contributed by atoms with Crippen molar-refractivity contribution < 1.29 is 18.7 Å². The molecule has 1 aliphatic heterocycles. The second-order valence-electron chi connectivity index (χ2n) is 7.95. The summed E-state index contributed by atoms with van der Waals surface area (Å²) in [6, 6.07) is 13.7. The third-order valence-corrected chi connectivity index (χ3v) is 5.48. The largest absolute Gasteiger partial charge is 0.454 e. The van der Waals surface area contributed by atoms with Gasteiger partial charge in [0.2, 0.25) is 18.6 Å². The highest BCUT2D eigenvalue weighted by atomic mass is 32.2. The maximum atomic E-state index is 12.2. The molecular weight excluding hydrogens is 402 g/mol. The summed E-state index contributed by atoms with van der Waals surface area (Å²) >= 11 is 1.21. The molecule has 7 nitrogen and oxygen atoms in total. The number of carbonyl (C=O) groups excluding carboxylic acids is 1. The predicted molar refractivity (Wildman–Crippen MR) is 114 cm³/mol. The first-order valence-electron chi connectivity index (χ1n) is 9.61. The minimum Gasteiger partial charge on any atom is -0.454 e. The maximum absolute atomic E-state index is 12.2. The van der Waals surface area contributed by atoms with Crippen molar-refractivity contribution in [2.75, 3.05) is 12.5 Å². The van der Waals surface area contributed by atoms with Gasteiger partial charge in [-0.1, -0.05) is 50.7 Å². The average molecular weight is 426 g/mol. The Hall–Kier alpha value is -3.00. The quantitative estimate of drug-likeness (QED) is 0.593. The Morgan fingerprint density at radius 3 is 2.60 bits per heavy atom. The fourth-order valence-electron chi connectivity index (χ4n) is 2.93. The summed E-state index contributed by atoms with van der Waals surface area (Å²) in [7, 11) is 0. The molecule has 0 atom stereocenters. The van der Waals surface area contributed by atoms with Crippen LogP contribution in [0, 0.1) is 0 Å². The molecule has 2 aromatic carbocycles. The highest BCUT2D eigenvalue weighted by Crippen LogP contribution is 2.32. The molecule has 0 fully saturated rings. The zero-order chi connectivity index (χ0) is 21.1. The molecule has 3 aromatic rings. The molecule has 1 amide bonds. The van der Waals surface area contributed by atoms with Crippen molar-refractivity contribution in [2.24, 2.45) is 0 Å². The summed E-state index contributed by atoms with van der Waals surface area (Å²) in [5.41, 5.74) is 3.12. The second-order valence-corrected chi connectivity index (χ2v) is 8.88.